The first-order valence-electron chi connectivity index (χ1n) is 6.73. The SMILES string of the molecule is COc1ccc(OCC(C)C[C@H](CN)CC(=O)O)cc1. The summed E-state index contributed by atoms with van der Waals surface area (Å²) in [7, 11) is 1.62. The van der Waals surface area contributed by atoms with Gasteiger partial charge >= 0.3 is 5.97 Å². The Morgan fingerprint density at radius 2 is 1.90 bits per heavy atom. The van der Waals surface area contributed by atoms with Crippen LogP contribution in [-0.2, 0) is 4.79 Å². The Balaban J connectivity index is 2.37. The Hall–Kier alpha value is -1.75. The number of aliphatic carboxylic acids is 1. The maximum atomic E-state index is 10.7. The average Bonchev–Trinajstić information content (AvgIpc) is 2.44. The van der Waals surface area contributed by atoms with Gasteiger partial charge in [-0.2, -0.15) is 0 Å². The lowest BCUT2D eigenvalue weighted by molar-refractivity contribution is -0.138. The van der Waals surface area contributed by atoms with Gasteiger partial charge in [-0.15, -0.1) is 0 Å². The predicted molar refractivity (Wildman–Crippen MR) is 77.1 cm³/mol. The van der Waals surface area contributed by atoms with Crippen molar-refractivity contribution in [1.29, 1.82) is 0 Å². The zero-order chi connectivity index (χ0) is 15.0. The summed E-state index contributed by atoms with van der Waals surface area (Å²) in [5, 5.41) is 8.79. The van der Waals surface area contributed by atoms with Crippen molar-refractivity contribution in [2.24, 2.45) is 17.6 Å². The Kier molecular flexibility index (Phi) is 6.87. The van der Waals surface area contributed by atoms with Gasteiger partial charge in [0.2, 0.25) is 0 Å². The van der Waals surface area contributed by atoms with E-state index in [1.165, 1.54) is 0 Å². The van der Waals surface area contributed by atoms with E-state index < -0.39 is 5.97 Å². The summed E-state index contributed by atoms with van der Waals surface area (Å²) in [5.41, 5.74) is 5.59. The molecule has 1 aromatic rings. The van der Waals surface area contributed by atoms with Crippen molar-refractivity contribution in [3.05, 3.63) is 24.3 Å². The van der Waals surface area contributed by atoms with E-state index in [1.54, 1.807) is 7.11 Å². The molecule has 0 aliphatic rings. The molecular formula is C15H23NO4. The first-order valence-corrected chi connectivity index (χ1v) is 6.73. The third-order valence-corrected chi connectivity index (χ3v) is 3.13. The molecule has 112 valence electrons. The summed E-state index contributed by atoms with van der Waals surface area (Å²) < 4.78 is 10.7. The topological polar surface area (TPSA) is 81.8 Å². The third-order valence-electron chi connectivity index (χ3n) is 3.13. The molecule has 1 rings (SSSR count). The van der Waals surface area contributed by atoms with E-state index in [9.17, 15) is 4.79 Å². The second kappa shape index (κ2) is 8.43. The summed E-state index contributed by atoms with van der Waals surface area (Å²) in [6, 6.07) is 7.38. The molecule has 3 N–H and O–H groups in total. The fourth-order valence-corrected chi connectivity index (χ4v) is 2.06. The Labute approximate surface area is 119 Å². The van der Waals surface area contributed by atoms with E-state index in [0.29, 0.717) is 13.2 Å². The maximum absolute atomic E-state index is 10.7. The lowest BCUT2D eigenvalue weighted by Gasteiger charge is -2.18. The summed E-state index contributed by atoms with van der Waals surface area (Å²) in [4.78, 5) is 10.7. The number of nitrogens with two attached hydrogens (primary N) is 1. The standard InChI is InChI=1S/C15H23NO4/c1-11(7-12(9-16)8-15(17)18)10-20-14-5-3-13(19-2)4-6-14/h3-6,11-12H,7-10,16H2,1-2H3,(H,17,18)/t11?,12-/m0/s1. The highest BCUT2D eigenvalue weighted by Crippen LogP contribution is 2.20. The molecule has 0 aliphatic carbocycles. The maximum Gasteiger partial charge on any atom is 0.303 e. The van der Waals surface area contributed by atoms with Crippen LogP contribution in [0.5, 0.6) is 11.5 Å². The third kappa shape index (κ3) is 5.93. The predicted octanol–water partition coefficient (Wildman–Crippen LogP) is 2.15. The normalized spacial score (nSPS) is 13.6. The van der Waals surface area contributed by atoms with Gasteiger partial charge < -0.3 is 20.3 Å². The number of ether oxygens (including phenoxy) is 2. The van der Waals surface area contributed by atoms with E-state index in [2.05, 4.69) is 0 Å². The second-order valence-corrected chi connectivity index (χ2v) is 5.03. The van der Waals surface area contributed by atoms with E-state index in [0.717, 1.165) is 17.9 Å². The summed E-state index contributed by atoms with van der Waals surface area (Å²) in [6.07, 6.45) is 0.863. The van der Waals surface area contributed by atoms with Crippen LogP contribution in [0.1, 0.15) is 19.8 Å². The summed E-state index contributed by atoms with van der Waals surface area (Å²) in [6.45, 7) is 2.97. The van der Waals surface area contributed by atoms with Gasteiger partial charge in [0.25, 0.3) is 0 Å². The molecule has 0 fully saturated rings. The van der Waals surface area contributed by atoms with Gasteiger partial charge in [0, 0.05) is 6.42 Å². The van der Waals surface area contributed by atoms with Gasteiger partial charge in [-0.25, -0.2) is 0 Å². The van der Waals surface area contributed by atoms with E-state index in [4.69, 9.17) is 20.3 Å². The minimum atomic E-state index is -0.802. The summed E-state index contributed by atoms with van der Waals surface area (Å²) >= 11 is 0. The van der Waals surface area contributed by atoms with Crippen LogP contribution in [0.25, 0.3) is 0 Å². The van der Waals surface area contributed by atoms with Gasteiger partial charge in [-0.05, 0) is 49.1 Å². The minimum absolute atomic E-state index is 0.00182. The molecule has 5 nitrogen and oxygen atoms in total. The molecule has 5 heteroatoms. The number of benzene rings is 1. The molecule has 0 bridgehead atoms. The highest BCUT2D eigenvalue weighted by molar-refractivity contribution is 5.67. The van der Waals surface area contributed by atoms with Gasteiger partial charge in [0.1, 0.15) is 11.5 Å². The molecule has 0 radical (unpaired) electrons. The van der Waals surface area contributed by atoms with Crippen molar-refractivity contribution in [3.63, 3.8) is 0 Å². The monoisotopic (exact) mass is 281 g/mol. The molecule has 0 saturated carbocycles. The summed E-state index contributed by atoms with van der Waals surface area (Å²) in [5.74, 6) is 1.02. The quantitative estimate of drug-likeness (QED) is 0.724. The Bertz CT molecular complexity index is 405. The zero-order valence-electron chi connectivity index (χ0n) is 12.0. The van der Waals surface area contributed by atoms with Gasteiger partial charge in [0.15, 0.2) is 0 Å². The van der Waals surface area contributed by atoms with Crippen LogP contribution in [-0.4, -0.2) is 31.3 Å². The molecule has 0 heterocycles. The van der Waals surface area contributed by atoms with Crippen molar-refractivity contribution in [2.45, 2.75) is 19.8 Å². The highest BCUT2D eigenvalue weighted by Gasteiger charge is 2.15. The molecule has 0 aromatic heterocycles. The van der Waals surface area contributed by atoms with Gasteiger partial charge in [-0.3, -0.25) is 4.79 Å². The molecule has 1 aromatic carbocycles. The van der Waals surface area contributed by atoms with Crippen LogP contribution in [0.4, 0.5) is 0 Å². The van der Waals surface area contributed by atoms with Crippen LogP contribution in [0.15, 0.2) is 24.3 Å². The number of methoxy groups -OCH3 is 1. The molecule has 0 saturated heterocycles. The van der Waals surface area contributed by atoms with Crippen LogP contribution >= 0.6 is 0 Å². The lowest BCUT2D eigenvalue weighted by atomic mass is 9.94. The van der Waals surface area contributed by atoms with Crippen LogP contribution < -0.4 is 15.2 Å². The Morgan fingerprint density at radius 3 is 2.40 bits per heavy atom. The number of carboxylic acid groups (broad SMARTS) is 1. The van der Waals surface area contributed by atoms with Gasteiger partial charge in [0.05, 0.1) is 13.7 Å². The molecule has 0 aliphatic heterocycles. The second-order valence-electron chi connectivity index (χ2n) is 5.03. The van der Waals surface area contributed by atoms with Crippen molar-refractivity contribution < 1.29 is 19.4 Å². The fraction of sp³-hybridized carbons (Fsp3) is 0.533. The van der Waals surface area contributed by atoms with Crippen molar-refractivity contribution >= 4 is 5.97 Å². The van der Waals surface area contributed by atoms with E-state index in [-0.39, 0.29) is 18.3 Å². The average molecular weight is 281 g/mol. The van der Waals surface area contributed by atoms with Crippen LogP contribution in [0.2, 0.25) is 0 Å². The van der Waals surface area contributed by atoms with Crippen LogP contribution in [0.3, 0.4) is 0 Å². The molecule has 0 amide bonds. The number of hydrogen-bond acceptors (Lipinski definition) is 4. The number of rotatable bonds is 9. The first kappa shape index (κ1) is 16.3. The molecule has 1 unspecified atom stereocenters. The molecule has 2 atom stereocenters. The first-order chi connectivity index (χ1) is 9.55. The van der Waals surface area contributed by atoms with Crippen molar-refractivity contribution in [1.82, 2.24) is 0 Å². The van der Waals surface area contributed by atoms with E-state index >= 15 is 0 Å². The molecule has 20 heavy (non-hydrogen) atoms. The zero-order valence-corrected chi connectivity index (χ0v) is 12.0. The minimum Gasteiger partial charge on any atom is -0.497 e. The van der Waals surface area contributed by atoms with Crippen molar-refractivity contribution in [3.8, 4) is 11.5 Å². The number of hydrogen-bond donors (Lipinski definition) is 2. The highest BCUT2D eigenvalue weighted by atomic mass is 16.5. The van der Waals surface area contributed by atoms with Gasteiger partial charge in [-0.1, -0.05) is 6.92 Å². The molecular weight excluding hydrogens is 258 g/mol. The Morgan fingerprint density at radius 1 is 1.30 bits per heavy atom. The largest absolute Gasteiger partial charge is 0.497 e. The van der Waals surface area contributed by atoms with E-state index in [1.807, 2.05) is 31.2 Å². The van der Waals surface area contributed by atoms with Crippen LogP contribution in [0, 0.1) is 11.8 Å². The van der Waals surface area contributed by atoms with Crippen molar-refractivity contribution in [2.75, 3.05) is 20.3 Å². The fourth-order valence-electron chi connectivity index (χ4n) is 2.06. The lowest BCUT2D eigenvalue weighted by Crippen LogP contribution is -2.22. The smallest absolute Gasteiger partial charge is 0.303 e. The number of carbonyl (C=O) groups is 1. The number of carboxylic acids is 1. The molecule has 0 spiro atoms.